The van der Waals surface area contributed by atoms with Crippen molar-refractivity contribution in [2.45, 2.75) is 0 Å². The Bertz CT molecular complexity index is 1460. The molecule has 2 aromatic heterocycles. The predicted octanol–water partition coefficient (Wildman–Crippen LogP) is 5.37. The minimum absolute atomic E-state index is 0.143. The Labute approximate surface area is 182 Å². The molecule has 152 valence electrons. The number of pyridine rings is 1. The zero-order valence-electron chi connectivity index (χ0n) is 16.4. The Kier molecular flexibility index (Phi) is 4.76. The first kappa shape index (κ1) is 19.1. The third kappa shape index (κ3) is 3.37. The molecule has 0 fully saturated rings. The molecule has 31 heavy (non-hydrogen) atoms. The van der Waals surface area contributed by atoms with E-state index in [9.17, 15) is 4.79 Å². The van der Waals surface area contributed by atoms with E-state index in [4.69, 9.17) is 20.9 Å². The molecule has 0 atom stereocenters. The molecule has 3 aromatic carbocycles. The van der Waals surface area contributed by atoms with E-state index in [-0.39, 0.29) is 5.56 Å². The van der Waals surface area contributed by atoms with Crippen LogP contribution in [0.4, 0.5) is 0 Å². The highest BCUT2D eigenvalue weighted by Crippen LogP contribution is 2.30. The summed E-state index contributed by atoms with van der Waals surface area (Å²) in [5, 5.41) is 5.91. The molecule has 5 aromatic rings. The minimum Gasteiger partial charge on any atom is -0.497 e. The van der Waals surface area contributed by atoms with Gasteiger partial charge in [0.25, 0.3) is 11.4 Å². The molecule has 5 rings (SSSR count). The van der Waals surface area contributed by atoms with Crippen molar-refractivity contribution >= 4 is 22.4 Å². The molecule has 0 unspecified atom stereocenters. The highest BCUT2D eigenvalue weighted by atomic mass is 35.5. The van der Waals surface area contributed by atoms with Crippen LogP contribution in [-0.4, -0.2) is 21.8 Å². The quantitative estimate of drug-likeness (QED) is 0.384. The van der Waals surface area contributed by atoms with E-state index in [0.717, 1.165) is 5.39 Å². The lowest BCUT2D eigenvalue weighted by Gasteiger charge is -2.11. The second-order valence-corrected chi connectivity index (χ2v) is 7.27. The third-order valence-corrected chi connectivity index (χ3v) is 5.38. The number of ether oxygens (including phenoxy) is 1. The molecule has 0 aliphatic heterocycles. The van der Waals surface area contributed by atoms with Gasteiger partial charge in [-0.1, -0.05) is 47.1 Å². The smallest absolute Gasteiger partial charge is 0.262 e. The van der Waals surface area contributed by atoms with E-state index in [1.54, 1.807) is 42.1 Å². The summed E-state index contributed by atoms with van der Waals surface area (Å²) in [6.45, 7) is 0. The zero-order valence-corrected chi connectivity index (χ0v) is 17.2. The number of hydrogen-bond acceptors (Lipinski definition) is 5. The van der Waals surface area contributed by atoms with E-state index in [1.807, 2.05) is 48.5 Å². The van der Waals surface area contributed by atoms with Crippen LogP contribution in [-0.2, 0) is 0 Å². The van der Waals surface area contributed by atoms with Crippen LogP contribution in [0.3, 0.4) is 0 Å². The van der Waals surface area contributed by atoms with E-state index in [1.165, 1.54) is 0 Å². The largest absolute Gasteiger partial charge is 0.497 e. The molecular weight excluding hydrogens is 414 g/mol. The number of hydrogen-bond donors (Lipinski definition) is 0. The van der Waals surface area contributed by atoms with Gasteiger partial charge in [-0.3, -0.25) is 9.36 Å². The van der Waals surface area contributed by atoms with Gasteiger partial charge in [0, 0.05) is 28.2 Å². The van der Waals surface area contributed by atoms with E-state index >= 15 is 0 Å². The molecule has 7 heteroatoms. The van der Waals surface area contributed by atoms with Crippen LogP contribution < -0.4 is 10.3 Å². The average molecular weight is 430 g/mol. The molecule has 0 saturated heterocycles. The van der Waals surface area contributed by atoms with Gasteiger partial charge in [0.2, 0.25) is 5.82 Å². The van der Waals surface area contributed by atoms with Crippen LogP contribution in [0.25, 0.3) is 39.3 Å². The second-order valence-electron chi connectivity index (χ2n) is 6.86. The molecule has 0 radical (unpaired) electrons. The van der Waals surface area contributed by atoms with Crippen LogP contribution in [0.1, 0.15) is 0 Å². The Hall–Kier alpha value is -3.90. The number of aromatic nitrogens is 3. The maximum atomic E-state index is 13.2. The van der Waals surface area contributed by atoms with Crippen LogP contribution in [0.15, 0.2) is 88.3 Å². The van der Waals surface area contributed by atoms with Crippen LogP contribution >= 0.6 is 11.6 Å². The maximum Gasteiger partial charge on any atom is 0.262 e. The highest BCUT2D eigenvalue weighted by molar-refractivity contribution is 6.33. The van der Waals surface area contributed by atoms with Crippen molar-refractivity contribution in [1.29, 1.82) is 0 Å². The maximum absolute atomic E-state index is 13.2. The van der Waals surface area contributed by atoms with Gasteiger partial charge in [0.05, 0.1) is 17.7 Å². The topological polar surface area (TPSA) is 70.2 Å². The molecule has 0 aliphatic carbocycles. The van der Waals surface area contributed by atoms with Gasteiger partial charge in [-0.15, -0.1) is 0 Å². The first-order valence-corrected chi connectivity index (χ1v) is 9.91. The van der Waals surface area contributed by atoms with Gasteiger partial charge >= 0.3 is 0 Å². The molecule has 0 saturated carbocycles. The number of methoxy groups -OCH3 is 1. The van der Waals surface area contributed by atoms with Crippen molar-refractivity contribution < 1.29 is 9.26 Å². The fraction of sp³-hybridized carbons (Fsp3) is 0.0417. The number of nitrogens with zero attached hydrogens (tertiary/aromatic N) is 3. The van der Waals surface area contributed by atoms with Crippen LogP contribution in [0, 0.1) is 0 Å². The van der Waals surface area contributed by atoms with Crippen molar-refractivity contribution in [3.63, 3.8) is 0 Å². The minimum atomic E-state index is -0.143. The Morgan fingerprint density at radius 2 is 1.61 bits per heavy atom. The Balaban J connectivity index is 1.71. The molecule has 0 bridgehead atoms. The molecule has 0 amide bonds. The van der Waals surface area contributed by atoms with Gasteiger partial charge in [0.1, 0.15) is 5.75 Å². The van der Waals surface area contributed by atoms with Crippen LogP contribution in [0.5, 0.6) is 5.75 Å². The van der Waals surface area contributed by atoms with E-state index < -0.39 is 0 Å². The summed E-state index contributed by atoms with van der Waals surface area (Å²) in [7, 11) is 1.60. The first-order chi connectivity index (χ1) is 15.2. The normalized spacial score (nSPS) is 11.0. The van der Waals surface area contributed by atoms with Gasteiger partial charge < -0.3 is 9.26 Å². The number of halogens is 1. The summed E-state index contributed by atoms with van der Waals surface area (Å²) in [6.07, 6.45) is 1.72. The van der Waals surface area contributed by atoms with Crippen LogP contribution in [0.2, 0.25) is 5.02 Å². The fourth-order valence-corrected chi connectivity index (χ4v) is 3.70. The lowest BCUT2D eigenvalue weighted by atomic mass is 10.1. The van der Waals surface area contributed by atoms with Crippen molar-refractivity contribution in [2.75, 3.05) is 7.11 Å². The van der Waals surface area contributed by atoms with Crippen molar-refractivity contribution in [1.82, 2.24) is 14.7 Å². The Morgan fingerprint density at radius 3 is 2.35 bits per heavy atom. The van der Waals surface area contributed by atoms with Crippen molar-refractivity contribution in [3.05, 3.63) is 94.4 Å². The summed E-state index contributed by atoms with van der Waals surface area (Å²) in [4.78, 5) is 17.7. The summed E-state index contributed by atoms with van der Waals surface area (Å²) < 4.78 is 12.4. The Morgan fingerprint density at radius 1 is 0.903 bits per heavy atom. The zero-order chi connectivity index (χ0) is 21.4. The number of fused-ring (bicyclic) bond motifs is 1. The van der Waals surface area contributed by atoms with Gasteiger partial charge in [-0.2, -0.15) is 4.98 Å². The van der Waals surface area contributed by atoms with Crippen molar-refractivity contribution in [3.8, 4) is 34.3 Å². The number of benzene rings is 3. The standard InChI is InChI=1S/C24H16ClN3O3/c1-30-16-12-10-15(11-13-16)28-14-20(17-6-2-3-7-18(17)24(28)29)23-26-22(27-31-23)19-8-4-5-9-21(19)25/h2-14H,1H3. The summed E-state index contributed by atoms with van der Waals surface area (Å²) in [5.41, 5.74) is 1.88. The molecule has 6 nitrogen and oxygen atoms in total. The third-order valence-electron chi connectivity index (χ3n) is 5.05. The van der Waals surface area contributed by atoms with E-state index in [0.29, 0.717) is 44.7 Å². The fourth-order valence-electron chi connectivity index (χ4n) is 3.48. The van der Waals surface area contributed by atoms with Crippen molar-refractivity contribution in [2.24, 2.45) is 0 Å². The molecule has 0 N–H and O–H groups in total. The molecule has 0 aliphatic rings. The summed E-state index contributed by atoms with van der Waals surface area (Å²) in [5.74, 6) is 1.39. The lowest BCUT2D eigenvalue weighted by Crippen LogP contribution is -2.18. The highest BCUT2D eigenvalue weighted by Gasteiger charge is 2.18. The lowest BCUT2D eigenvalue weighted by molar-refractivity contribution is 0.414. The average Bonchev–Trinajstić information content (AvgIpc) is 3.30. The summed E-state index contributed by atoms with van der Waals surface area (Å²) in [6, 6.07) is 21.9. The molecular formula is C24H16ClN3O3. The molecule has 2 heterocycles. The SMILES string of the molecule is COc1ccc(-n2cc(-c3nc(-c4ccccc4Cl)no3)c3ccccc3c2=O)cc1. The first-order valence-electron chi connectivity index (χ1n) is 9.53. The van der Waals surface area contributed by atoms with Gasteiger partial charge in [-0.25, -0.2) is 0 Å². The van der Waals surface area contributed by atoms with Gasteiger partial charge in [0.15, 0.2) is 0 Å². The monoisotopic (exact) mass is 429 g/mol. The predicted molar refractivity (Wildman–Crippen MR) is 120 cm³/mol. The van der Waals surface area contributed by atoms with Gasteiger partial charge in [-0.05, 0) is 42.5 Å². The molecule has 0 spiro atoms. The number of rotatable bonds is 4. The summed E-state index contributed by atoms with van der Waals surface area (Å²) >= 11 is 6.28. The second kappa shape index (κ2) is 7.74. The van der Waals surface area contributed by atoms with E-state index in [2.05, 4.69) is 10.1 Å².